The molecule has 0 saturated heterocycles. The number of halogens is 1. The van der Waals surface area contributed by atoms with Crippen molar-refractivity contribution in [2.24, 2.45) is 0 Å². The molecule has 0 fully saturated rings. The van der Waals surface area contributed by atoms with Crippen LogP contribution in [0.5, 0.6) is 0 Å². The topological polar surface area (TPSA) is 69.7 Å². The Balaban J connectivity index is 1.38. The molecule has 1 aliphatic heterocycles. The second kappa shape index (κ2) is 7.72. The molecule has 0 atom stereocenters. The summed E-state index contributed by atoms with van der Waals surface area (Å²) in [6, 6.07) is 18.4. The molecule has 2 N–H and O–H groups in total. The van der Waals surface area contributed by atoms with Gasteiger partial charge in [0, 0.05) is 31.1 Å². The highest BCUT2D eigenvalue weighted by Gasteiger charge is 2.24. The Morgan fingerprint density at radius 1 is 1.00 bits per heavy atom. The smallest absolute Gasteiger partial charge is 0.226 e. The van der Waals surface area contributed by atoms with E-state index in [1.54, 1.807) is 0 Å². The first-order valence-corrected chi connectivity index (χ1v) is 10.2. The number of aromatic amines is 1. The zero-order valence-corrected chi connectivity index (χ0v) is 16.7. The zero-order valence-electron chi connectivity index (χ0n) is 15.9. The Labute approximate surface area is 173 Å². The van der Waals surface area contributed by atoms with Crippen molar-refractivity contribution >= 4 is 34.4 Å². The third-order valence-corrected chi connectivity index (χ3v) is 5.48. The predicted octanol–water partition coefficient (Wildman–Crippen LogP) is 4.22. The highest BCUT2D eigenvalue weighted by Crippen LogP contribution is 2.32. The van der Waals surface area contributed by atoms with Crippen LogP contribution >= 0.6 is 11.6 Å². The van der Waals surface area contributed by atoms with Crippen molar-refractivity contribution in [3.8, 4) is 0 Å². The molecule has 29 heavy (non-hydrogen) atoms. The normalized spacial score (nSPS) is 13.1. The van der Waals surface area contributed by atoms with Crippen molar-refractivity contribution in [3.63, 3.8) is 0 Å². The number of nitrogens with one attached hydrogen (secondary N) is 2. The number of benzene rings is 2. The van der Waals surface area contributed by atoms with Gasteiger partial charge in [0.1, 0.15) is 5.82 Å². The van der Waals surface area contributed by atoms with Gasteiger partial charge in [0.05, 0.1) is 11.1 Å². The molecule has 0 aliphatic carbocycles. The number of anilines is 2. The standard InChI is InChI=1S/C22H21ClN6/c23-17-8-6-15(7-9-17)10-12-24-22-25-20-19-18(27-28-20)11-13-29(21(19)26-22)14-16-4-2-1-3-5-16/h1-9H,10-14H2,(H2,24,25,26,27,28). The molecule has 0 saturated carbocycles. The van der Waals surface area contributed by atoms with Gasteiger partial charge in [0.2, 0.25) is 5.95 Å². The maximum absolute atomic E-state index is 5.96. The summed E-state index contributed by atoms with van der Waals surface area (Å²) in [5.74, 6) is 1.56. The van der Waals surface area contributed by atoms with Crippen LogP contribution in [0.15, 0.2) is 54.6 Å². The van der Waals surface area contributed by atoms with Gasteiger partial charge in [-0.05, 0) is 29.7 Å². The lowest BCUT2D eigenvalue weighted by Gasteiger charge is -2.28. The molecule has 4 aromatic rings. The molecule has 1 aliphatic rings. The lowest BCUT2D eigenvalue weighted by molar-refractivity contribution is 0.747. The van der Waals surface area contributed by atoms with Gasteiger partial charge in [-0.2, -0.15) is 15.1 Å². The molecule has 6 nitrogen and oxygen atoms in total. The van der Waals surface area contributed by atoms with Crippen LogP contribution < -0.4 is 10.2 Å². The molecule has 0 bridgehead atoms. The summed E-state index contributed by atoms with van der Waals surface area (Å²) in [6.45, 7) is 2.46. The Morgan fingerprint density at radius 2 is 1.83 bits per heavy atom. The van der Waals surface area contributed by atoms with E-state index >= 15 is 0 Å². The third-order valence-electron chi connectivity index (χ3n) is 5.23. The Hall–Kier alpha value is -3.12. The van der Waals surface area contributed by atoms with Crippen molar-refractivity contribution in [1.29, 1.82) is 0 Å². The fraction of sp³-hybridized carbons (Fsp3) is 0.227. The van der Waals surface area contributed by atoms with Gasteiger partial charge in [-0.25, -0.2) is 0 Å². The summed E-state index contributed by atoms with van der Waals surface area (Å²) in [7, 11) is 0. The molecule has 0 unspecified atom stereocenters. The molecule has 3 heterocycles. The minimum atomic E-state index is 0.611. The van der Waals surface area contributed by atoms with Crippen LogP contribution in [0.1, 0.15) is 16.8 Å². The van der Waals surface area contributed by atoms with Gasteiger partial charge in [-0.15, -0.1) is 0 Å². The fourth-order valence-corrected chi connectivity index (χ4v) is 3.86. The van der Waals surface area contributed by atoms with Gasteiger partial charge in [-0.3, -0.25) is 5.10 Å². The summed E-state index contributed by atoms with van der Waals surface area (Å²) >= 11 is 5.96. The minimum absolute atomic E-state index is 0.611. The molecule has 146 valence electrons. The van der Waals surface area contributed by atoms with E-state index in [9.17, 15) is 0 Å². The summed E-state index contributed by atoms with van der Waals surface area (Å²) < 4.78 is 0. The summed E-state index contributed by atoms with van der Waals surface area (Å²) in [6.07, 6.45) is 1.79. The summed E-state index contributed by atoms with van der Waals surface area (Å²) in [5, 5.41) is 12.7. The van der Waals surface area contributed by atoms with Crippen LogP contribution in [0, 0.1) is 0 Å². The van der Waals surface area contributed by atoms with E-state index in [1.807, 2.05) is 30.3 Å². The predicted molar refractivity (Wildman–Crippen MR) is 117 cm³/mol. The van der Waals surface area contributed by atoms with Gasteiger partial charge in [0.15, 0.2) is 5.65 Å². The highest BCUT2D eigenvalue weighted by molar-refractivity contribution is 6.30. The zero-order chi connectivity index (χ0) is 19.6. The molecule has 2 aromatic carbocycles. The second-order valence-electron chi connectivity index (χ2n) is 7.23. The molecule has 0 spiro atoms. The van der Waals surface area contributed by atoms with Gasteiger partial charge >= 0.3 is 0 Å². The van der Waals surface area contributed by atoms with Crippen molar-refractivity contribution in [1.82, 2.24) is 20.2 Å². The number of rotatable bonds is 6. The number of H-pyrrole nitrogens is 1. The highest BCUT2D eigenvalue weighted by atomic mass is 35.5. The van der Waals surface area contributed by atoms with E-state index in [4.69, 9.17) is 16.6 Å². The molecule has 7 heteroatoms. The third kappa shape index (κ3) is 3.76. The van der Waals surface area contributed by atoms with Crippen LogP contribution in [-0.4, -0.2) is 33.3 Å². The minimum Gasteiger partial charge on any atom is -0.354 e. The Morgan fingerprint density at radius 3 is 2.66 bits per heavy atom. The monoisotopic (exact) mass is 404 g/mol. The van der Waals surface area contributed by atoms with E-state index in [2.05, 4.69) is 49.7 Å². The number of aromatic nitrogens is 4. The second-order valence-corrected chi connectivity index (χ2v) is 7.67. The molecular weight excluding hydrogens is 384 g/mol. The number of hydrogen-bond donors (Lipinski definition) is 2. The van der Waals surface area contributed by atoms with Crippen LogP contribution in [0.3, 0.4) is 0 Å². The largest absolute Gasteiger partial charge is 0.354 e. The lowest BCUT2D eigenvalue weighted by Crippen LogP contribution is -2.29. The average Bonchev–Trinajstić information content (AvgIpc) is 3.16. The van der Waals surface area contributed by atoms with Gasteiger partial charge in [-0.1, -0.05) is 54.1 Å². The van der Waals surface area contributed by atoms with Crippen LogP contribution in [-0.2, 0) is 19.4 Å². The van der Waals surface area contributed by atoms with E-state index in [0.717, 1.165) is 60.0 Å². The lowest BCUT2D eigenvalue weighted by atomic mass is 10.1. The first-order valence-electron chi connectivity index (χ1n) is 9.78. The first kappa shape index (κ1) is 17.9. The fourth-order valence-electron chi connectivity index (χ4n) is 3.73. The van der Waals surface area contributed by atoms with E-state index in [0.29, 0.717) is 5.95 Å². The van der Waals surface area contributed by atoms with Crippen molar-refractivity contribution in [3.05, 3.63) is 76.4 Å². The maximum Gasteiger partial charge on any atom is 0.226 e. The Kier molecular flexibility index (Phi) is 4.77. The number of hydrogen-bond acceptors (Lipinski definition) is 5. The van der Waals surface area contributed by atoms with Crippen molar-refractivity contribution in [2.75, 3.05) is 23.3 Å². The molecule has 2 aromatic heterocycles. The van der Waals surface area contributed by atoms with E-state index in [-0.39, 0.29) is 0 Å². The summed E-state index contributed by atoms with van der Waals surface area (Å²) in [4.78, 5) is 11.8. The molecule has 5 rings (SSSR count). The number of nitrogens with zero attached hydrogens (tertiary/aromatic N) is 4. The average molecular weight is 405 g/mol. The van der Waals surface area contributed by atoms with Gasteiger partial charge in [0.25, 0.3) is 0 Å². The van der Waals surface area contributed by atoms with Crippen LogP contribution in [0.4, 0.5) is 11.8 Å². The quantitative estimate of drug-likeness (QED) is 0.503. The van der Waals surface area contributed by atoms with Crippen molar-refractivity contribution < 1.29 is 0 Å². The van der Waals surface area contributed by atoms with E-state index in [1.165, 1.54) is 11.1 Å². The first-order chi connectivity index (χ1) is 14.3. The van der Waals surface area contributed by atoms with Crippen LogP contribution in [0.25, 0.3) is 11.0 Å². The molecular formula is C22H21ClN6. The molecule has 0 amide bonds. The maximum atomic E-state index is 5.96. The van der Waals surface area contributed by atoms with Crippen LogP contribution in [0.2, 0.25) is 5.02 Å². The Bertz CT molecular complexity index is 1120. The summed E-state index contributed by atoms with van der Waals surface area (Å²) in [5.41, 5.74) is 4.32. The van der Waals surface area contributed by atoms with Gasteiger partial charge < -0.3 is 10.2 Å². The SMILES string of the molecule is Clc1ccc(CCNc2nc3c4c([nH]nc4n2)CCN3Cc2ccccc2)cc1. The van der Waals surface area contributed by atoms with Crippen molar-refractivity contribution in [2.45, 2.75) is 19.4 Å². The molecule has 0 radical (unpaired) electrons. The van der Waals surface area contributed by atoms with E-state index < -0.39 is 0 Å².